The van der Waals surface area contributed by atoms with E-state index in [9.17, 15) is 9.59 Å². The molecular formula is C22H27N3O2. The van der Waals surface area contributed by atoms with E-state index in [4.69, 9.17) is 0 Å². The van der Waals surface area contributed by atoms with Crippen LogP contribution >= 0.6 is 0 Å². The van der Waals surface area contributed by atoms with Crippen LogP contribution < -0.4 is 15.5 Å². The number of carbonyl (C=O) groups is 2. The lowest BCUT2D eigenvalue weighted by atomic mass is 10.0. The molecule has 1 atom stereocenters. The summed E-state index contributed by atoms with van der Waals surface area (Å²) in [5, 5.41) is 5.70. The Bertz CT molecular complexity index is 860. The number of amides is 3. The van der Waals surface area contributed by atoms with Crippen LogP contribution in [0.2, 0.25) is 0 Å². The summed E-state index contributed by atoms with van der Waals surface area (Å²) in [5.74, 6) is -0.0825. The minimum atomic E-state index is -0.581. The number of carbonyl (C=O) groups excluding carboxylic acids is 2. The zero-order chi connectivity index (χ0) is 19.6. The quantitative estimate of drug-likeness (QED) is 0.859. The number of hydrogen-bond acceptors (Lipinski definition) is 2. The highest BCUT2D eigenvalue weighted by atomic mass is 16.2. The van der Waals surface area contributed by atoms with Crippen molar-refractivity contribution < 1.29 is 9.59 Å². The highest BCUT2D eigenvalue weighted by Gasteiger charge is 2.32. The maximum atomic E-state index is 13.1. The van der Waals surface area contributed by atoms with E-state index < -0.39 is 6.04 Å². The molecule has 0 spiro atoms. The van der Waals surface area contributed by atoms with Gasteiger partial charge in [0.1, 0.15) is 6.04 Å². The van der Waals surface area contributed by atoms with Crippen LogP contribution in [0.4, 0.5) is 16.2 Å². The van der Waals surface area contributed by atoms with Gasteiger partial charge < -0.3 is 15.5 Å². The molecule has 0 bridgehead atoms. The van der Waals surface area contributed by atoms with Crippen molar-refractivity contribution in [1.29, 1.82) is 0 Å². The number of aryl methyl sites for hydroxylation is 2. The van der Waals surface area contributed by atoms with Gasteiger partial charge in [-0.3, -0.25) is 4.79 Å². The van der Waals surface area contributed by atoms with Gasteiger partial charge in [-0.25, -0.2) is 4.79 Å². The summed E-state index contributed by atoms with van der Waals surface area (Å²) >= 11 is 0. The highest BCUT2D eigenvalue weighted by Crippen LogP contribution is 2.28. The van der Waals surface area contributed by atoms with Gasteiger partial charge in [0.2, 0.25) is 5.91 Å². The second-order valence-corrected chi connectivity index (χ2v) is 7.49. The first-order chi connectivity index (χ1) is 12.9. The molecule has 0 radical (unpaired) electrons. The SMILES string of the molecule is Cc1ccc(NC(=O)NC(C(=O)N2CCc3ccccc32)C(C)C)cc1C. The molecule has 5 heteroatoms. The minimum Gasteiger partial charge on any atom is -0.326 e. The van der Waals surface area contributed by atoms with Crippen LogP contribution in [0.25, 0.3) is 0 Å². The van der Waals surface area contributed by atoms with Crippen molar-refractivity contribution in [1.82, 2.24) is 5.32 Å². The monoisotopic (exact) mass is 365 g/mol. The zero-order valence-corrected chi connectivity index (χ0v) is 16.4. The molecule has 5 nitrogen and oxygen atoms in total. The molecule has 2 N–H and O–H groups in total. The van der Waals surface area contributed by atoms with Crippen molar-refractivity contribution in [3.8, 4) is 0 Å². The van der Waals surface area contributed by atoms with Crippen LogP contribution in [0.15, 0.2) is 42.5 Å². The molecule has 1 aliphatic rings. The van der Waals surface area contributed by atoms with Crippen LogP contribution in [-0.4, -0.2) is 24.5 Å². The molecule has 0 aliphatic carbocycles. The first-order valence-corrected chi connectivity index (χ1v) is 9.41. The third-order valence-electron chi connectivity index (χ3n) is 5.14. The summed E-state index contributed by atoms with van der Waals surface area (Å²) in [4.78, 5) is 27.4. The van der Waals surface area contributed by atoms with Crippen LogP contribution in [0.5, 0.6) is 0 Å². The molecule has 0 aromatic heterocycles. The van der Waals surface area contributed by atoms with E-state index >= 15 is 0 Å². The van der Waals surface area contributed by atoms with Crippen LogP contribution in [0.1, 0.15) is 30.5 Å². The molecule has 2 aromatic rings. The lowest BCUT2D eigenvalue weighted by Gasteiger charge is -2.27. The smallest absolute Gasteiger partial charge is 0.319 e. The van der Waals surface area contributed by atoms with E-state index in [0.717, 1.165) is 23.4 Å². The second-order valence-electron chi connectivity index (χ2n) is 7.49. The van der Waals surface area contributed by atoms with Gasteiger partial charge >= 0.3 is 6.03 Å². The van der Waals surface area contributed by atoms with Crippen LogP contribution in [-0.2, 0) is 11.2 Å². The summed E-state index contributed by atoms with van der Waals surface area (Å²) in [6, 6.07) is 12.8. The molecule has 1 aliphatic heterocycles. The largest absolute Gasteiger partial charge is 0.326 e. The van der Waals surface area contributed by atoms with Crippen LogP contribution in [0, 0.1) is 19.8 Å². The fourth-order valence-corrected chi connectivity index (χ4v) is 3.38. The van der Waals surface area contributed by atoms with E-state index in [0.29, 0.717) is 6.54 Å². The minimum absolute atomic E-state index is 0.0178. The summed E-state index contributed by atoms with van der Waals surface area (Å²) in [5.41, 5.74) is 5.12. The Morgan fingerprint density at radius 2 is 1.78 bits per heavy atom. The van der Waals surface area contributed by atoms with Gasteiger partial charge in [-0.05, 0) is 61.1 Å². The van der Waals surface area contributed by atoms with Gasteiger partial charge in [-0.2, -0.15) is 0 Å². The maximum absolute atomic E-state index is 13.1. The van der Waals surface area contributed by atoms with Crippen molar-refractivity contribution in [2.45, 2.75) is 40.2 Å². The molecule has 142 valence electrons. The Labute approximate surface area is 160 Å². The summed E-state index contributed by atoms with van der Waals surface area (Å²) < 4.78 is 0. The summed E-state index contributed by atoms with van der Waals surface area (Å²) in [7, 11) is 0. The molecule has 0 saturated carbocycles. The molecule has 0 saturated heterocycles. The number of fused-ring (bicyclic) bond motifs is 1. The standard InChI is InChI=1S/C22H27N3O2/c1-14(2)20(21(26)25-12-11-17-7-5-6-8-19(17)25)24-22(27)23-18-10-9-15(3)16(4)13-18/h5-10,13-14,20H,11-12H2,1-4H3,(H2,23,24,27). The molecule has 0 fully saturated rings. The lowest BCUT2D eigenvalue weighted by Crippen LogP contribution is -2.52. The van der Waals surface area contributed by atoms with Gasteiger partial charge in [0.05, 0.1) is 0 Å². The Balaban J connectivity index is 1.71. The van der Waals surface area contributed by atoms with Gasteiger partial charge in [0.15, 0.2) is 0 Å². The molecule has 1 unspecified atom stereocenters. The molecule has 3 amide bonds. The normalized spacial score (nSPS) is 14.0. The third-order valence-corrected chi connectivity index (χ3v) is 5.14. The number of hydrogen-bond donors (Lipinski definition) is 2. The van der Waals surface area contributed by atoms with E-state index in [1.165, 1.54) is 11.1 Å². The molecule has 3 rings (SSSR count). The maximum Gasteiger partial charge on any atom is 0.319 e. The average molecular weight is 365 g/mol. The van der Waals surface area contributed by atoms with Crippen molar-refractivity contribution in [2.75, 3.05) is 16.8 Å². The first kappa shape index (κ1) is 19.0. The Morgan fingerprint density at radius 3 is 2.48 bits per heavy atom. The predicted molar refractivity (Wildman–Crippen MR) is 109 cm³/mol. The molecule has 1 heterocycles. The number of nitrogens with zero attached hydrogens (tertiary/aromatic N) is 1. The highest BCUT2D eigenvalue weighted by molar-refractivity contribution is 6.02. The van der Waals surface area contributed by atoms with Gasteiger partial charge in [-0.15, -0.1) is 0 Å². The topological polar surface area (TPSA) is 61.4 Å². The Kier molecular flexibility index (Phi) is 5.49. The number of anilines is 2. The number of benzene rings is 2. The molecule has 2 aromatic carbocycles. The fourth-order valence-electron chi connectivity index (χ4n) is 3.38. The Morgan fingerprint density at radius 1 is 1.04 bits per heavy atom. The average Bonchev–Trinajstić information content (AvgIpc) is 3.06. The van der Waals surface area contributed by atoms with Crippen molar-refractivity contribution in [3.05, 3.63) is 59.2 Å². The van der Waals surface area contributed by atoms with Gasteiger partial charge in [0, 0.05) is 17.9 Å². The van der Waals surface area contributed by atoms with Crippen molar-refractivity contribution in [3.63, 3.8) is 0 Å². The summed E-state index contributed by atoms with van der Waals surface area (Å²) in [6.07, 6.45) is 0.849. The van der Waals surface area contributed by atoms with Gasteiger partial charge in [0.25, 0.3) is 0 Å². The van der Waals surface area contributed by atoms with Crippen molar-refractivity contribution in [2.24, 2.45) is 5.92 Å². The van der Waals surface area contributed by atoms with Crippen LogP contribution in [0.3, 0.4) is 0 Å². The summed E-state index contributed by atoms with van der Waals surface area (Å²) in [6.45, 7) is 8.58. The lowest BCUT2D eigenvalue weighted by molar-refractivity contribution is -0.121. The van der Waals surface area contributed by atoms with E-state index in [-0.39, 0.29) is 17.9 Å². The number of rotatable bonds is 4. The van der Waals surface area contributed by atoms with E-state index in [1.54, 1.807) is 4.90 Å². The number of urea groups is 1. The molecule has 27 heavy (non-hydrogen) atoms. The van der Waals surface area contributed by atoms with Gasteiger partial charge in [-0.1, -0.05) is 38.1 Å². The fraction of sp³-hybridized carbons (Fsp3) is 0.364. The van der Waals surface area contributed by atoms with E-state index in [1.807, 2.05) is 70.2 Å². The van der Waals surface area contributed by atoms with Crippen molar-refractivity contribution >= 4 is 23.3 Å². The predicted octanol–water partition coefficient (Wildman–Crippen LogP) is 4.04. The van der Waals surface area contributed by atoms with E-state index in [2.05, 4.69) is 10.6 Å². The first-order valence-electron chi connectivity index (χ1n) is 9.41. The molecular weight excluding hydrogens is 338 g/mol. The Hall–Kier alpha value is -2.82. The second kappa shape index (κ2) is 7.82. The number of para-hydroxylation sites is 1. The number of nitrogens with one attached hydrogen (secondary N) is 2. The zero-order valence-electron chi connectivity index (χ0n) is 16.4. The third kappa shape index (κ3) is 4.13.